The van der Waals surface area contributed by atoms with E-state index in [1.165, 1.54) is 29.5 Å². The lowest BCUT2D eigenvalue weighted by Crippen LogP contribution is -2.20. The Labute approximate surface area is 152 Å². The van der Waals surface area contributed by atoms with Crippen molar-refractivity contribution in [3.8, 4) is 0 Å². The van der Waals surface area contributed by atoms with Gasteiger partial charge in [-0.2, -0.15) is 0 Å². The Morgan fingerprint density at radius 1 is 0.600 bits per heavy atom. The second kappa shape index (κ2) is 8.67. The first-order chi connectivity index (χ1) is 12.3. The number of rotatable bonds is 7. The molecule has 0 aliphatic heterocycles. The van der Waals surface area contributed by atoms with Gasteiger partial charge in [0.05, 0.1) is 0 Å². The predicted molar refractivity (Wildman–Crippen MR) is 108 cm³/mol. The second-order valence-electron chi connectivity index (χ2n) is 7.00. The van der Waals surface area contributed by atoms with E-state index in [2.05, 4.69) is 105 Å². The Balaban J connectivity index is 2.13. The lowest BCUT2D eigenvalue weighted by atomic mass is 9.70. The molecule has 0 aliphatic carbocycles. The van der Waals surface area contributed by atoms with Crippen molar-refractivity contribution in [1.29, 1.82) is 0 Å². The van der Waals surface area contributed by atoms with E-state index in [0.717, 1.165) is 0 Å². The molecule has 128 valence electrons. The van der Waals surface area contributed by atoms with E-state index in [1.54, 1.807) is 0 Å². The molecule has 2 unspecified atom stereocenters. The Hall–Kier alpha value is -2.34. The molecule has 0 saturated carbocycles. The molecule has 3 rings (SSSR count). The maximum absolute atomic E-state index is 2.42. The smallest absolute Gasteiger partial charge is 0.0161 e. The van der Waals surface area contributed by atoms with Crippen LogP contribution in [0.3, 0.4) is 0 Å². The minimum atomic E-state index is 0.381. The van der Waals surface area contributed by atoms with E-state index in [0.29, 0.717) is 17.8 Å². The number of benzene rings is 3. The third-order valence-corrected chi connectivity index (χ3v) is 5.22. The molecule has 3 aromatic carbocycles. The third-order valence-electron chi connectivity index (χ3n) is 5.22. The van der Waals surface area contributed by atoms with Gasteiger partial charge in [0.1, 0.15) is 0 Å². The Morgan fingerprint density at radius 2 is 1.00 bits per heavy atom. The van der Waals surface area contributed by atoms with Crippen molar-refractivity contribution in [2.45, 2.75) is 38.5 Å². The molecular weight excluding hydrogens is 300 g/mol. The predicted octanol–water partition coefficient (Wildman–Crippen LogP) is 7.04. The van der Waals surface area contributed by atoms with E-state index in [1.807, 2.05) is 0 Å². The van der Waals surface area contributed by atoms with Crippen LogP contribution in [0, 0.1) is 5.92 Å². The summed E-state index contributed by atoms with van der Waals surface area (Å²) >= 11 is 0. The fourth-order valence-corrected chi connectivity index (χ4v) is 4.09. The van der Waals surface area contributed by atoms with Crippen LogP contribution in [0.4, 0.5) is 0 Å². The highest BCUT2D eigenvalue weighted by Gasteiger charge is 2.30. The zero-order valence-corrected chi connectivity index (χ0v) is 15.3. The van der Waals surface area contributed by atoms with E-state index in [-0.39, 0.29) is 0 Å². The average Bonchev–Trinajstić information content (AvgIpc) is 2.68. The molecule has 2 atom stereocenters. The molecule has 0 bridgehead atoms. The van der Waals surface area contributed by atoms with Crippen LogP contribution in [-0.4, -0.2) is 0 Å². The SMILES string of the molecule is CCCC(C)C(c1ccccc1)C(c1ccccc1)c1ccccc1. The van der Waals surface area contributed by atoms with Gasteiger partial charge in [0.25, 0.3) is 0 Å². The minimum Gasteiger partial charge on any atom is -0.0654 e. The summed E-state index contributed by atoms with van der Waals surface area (Å²) in [6, 6.07) is 33.1. The third kappa shape index (κ3) is 4.20. The van der Waals surface area contributed by atoms with Crippen molar-refractivity contribution in [2.75, 3.05) is 0 Å². The molecule has 0 aliphatic rings. The Bertz CT molecular complexity index is 691. The van der Waals surface area contributed by atoms with Gasteiger partial charge in [0, 0.05) is 5.92 Å². The zero-order valence-electron chi connectivity index (χ0n) is 15.3. The van der Waals surface area contributed by atoms with Crippen molar-refractivity contribution in [3.63, 3.8) is 0 Å². The Kier molecular flexibility index (Phi) is 6.06. The van der Waals surface area contributed by atoms with Crippen molar-refractivity contribution >= 4 is 0 Å². The first kappa shape index (κ1) is 17.5. The number of hydrogen-bond donors (Lipinski definition) is 0. The van der Waals surface area contributed by atoms with Gasteiger partial charge in [-0.3, -0.25) is 0 Å². The molecule has 0 N–H and O–H groups in total. The monoisotopic (exact) mass is 328 g/mol. The lowest BCUT2D eigenvalue weighted by Gasteiger charge is -2.33. The molecule has 3 aromatic rings. The largest absolute Gasteiger partial charge is 0.0654 e. The topological polar surface area (TPSA) is 0 Å². The standard InChI is InChI=1S/C25H28/c1-3-13-20(2)24(21-14-7-4-8-15-21)25(22-16-9-5-10-17-22)23-18-11-6-12-19-23/h4-12,14-20,24-25H,3,13H2,1-2H3. The molecule has 25 heavy (non-hydrogen) atoms. The summed E-state index contributed by atoms with van der Waals surface area (Å²) in [5, 5.41) is 0. The summed E-state index contributed by atoms with van der Waals surface area (Å²) in [4.78, 5) is 0. The summed E-state index contributed by atoms with van der Waals surface area (Å²) < 4.78 is 0. The van der Waals surface area contributed by atoms with E-state index < -0.39 is 0 Å². The minimum absolute atomic E-state index is 0.381. The van der Waals surface area contributed by atoms with Crippen LogP contribution in [0.2, 0.25) is 0 Å². The maximum Gasteiger partial charge on any atom is 0.0161 e. The normalized spacial score (nSPS) is 13.6. The van der Waals surface area contributed by atoms with Gasteiger partial charge < -0.3 is 0 Å². The highest BCUT2D eigenvalue weighted by Crippen LogP contribution is 2.44. The summed E-state index contributed by atoms with van der Waals surface area (Å²) in [6.07, 6.45) is 2.47. The van der Waals surface area contributed by atoms with Gasteiger partial charge in [-0.15, -0.1) is 0 Å². The van der Waals surface area contributed by atoms with Gasteiger partial charge in [-0.05, 0) is 28.5 Å². The Morgan fingerprint density at radius 3 is 1.40 bits per heavy atom. The van der Waals surface area contributed by atoms with E-state index in [4.69, 9.17) is 0 Å². The summed E-state index contributed by atoms with van der Waals surface area (Å²) in [5.41, 5.74) is 4.26. The van der Waals surface area contributed by atoms with Crippen LogP contribution in [0.1, 0.15) is 55.2 Å². The van der Waals surface area contributed by atoms with E-state index >= 15 is 0 Å². The van der Waals surface area contributed by atoms with Crippen LogP contribution in [-0.2, 0) is 0 Å². The molecule has 0 amide bonds. The van der Waals surface area contributed by atoms with Gasteiger partial charge in [-0.1, -0.05) is 118 Å². The fourth-order valence-electron chi connectivity index (χ4n) is 4.09. The molecule has 0 aromatic heterocycles. The van der Waals surface area contributed by atoms with Crippen molar-refractivity contribution < 1.29 is 0 Å². The maximum atomic E-state index is 2.42. The van der Waals surface area contributed by atoms with Crippen LogP contribution in [0.25, 0.3) is 0 Å². The molecule has 0 nitrogen and oxygen atoms in total. The summed E-state index contributed by atoms with van der Waals surface area (Å²) in [6.45, 7) is 4.71. The van der Waals surface area contributed by atoms with Gasteiger partial charge in [0.2, 0.25) is 0 Å². The fraction of sp³-hybridized carbons (Fsp3) is 0.280. The average molecular weight is 328 g/mol. The summed E-state index contributed by atoms with van der Waals surface area (Å²) in [5.74, 6) is 1.48. The molecule has 0 fully saturated rings. The zero-order chi connectivity index (χ0) is 17.5. The van der Waals surface area contributed by atoms with Gasteiger partial charge in [-0.25, -0.2) is 0 Å². The van der Waals surface area contributed by atoms with Crippen LogP contribution in [0.15, 0.2) is 91.0 Å². The van der Waals surface area contributed by atoms with Crippen molar-refractivity contribution in [1.82, 2.24) is 0 Å². The highest BCUT2D eigenvalue weighted by atomic mass is 14.3. The quantitative estimate of drug-likeness (QED) is 0.436. The van der Waals surface area contributed by atoms with Crippen LogP contribution in [0.5, 0.6) is 0 Å². The summed E-state index contributed by atoms with van der Waals surface area (Å²) in [7, 11) is 0. The molecule has 0 spiro atoms. The van der Waals surface area contributed by atoms with Gasteiger partial charge in [0.15, 0.2) is 0 Å². The molecular formula is C25H28. The van der Waals surface area contributed by atoms with Crippen LogP contribution < -0.4 is 0 Å². The molecule has 0 radical (unpaired) electrons. The lowest BCUT2D eigenvalue weighted by molar-refractivity contribution is 0.393. The van der Waals surface area contributed by atoms with Gasteiger partial charge >= 0.3 is 0 Å². The molecule has 0 heteroatoms. The highest BCUT2D eigenvalue weighted by molar-refractivity contribution is 5.38. The first-order valence-corrected chi connectivity index (χ1v) is 9.46. The van der Waals surface area contributed by atoms with Crippen LogP contribution >= 0.6 is 0 Å². The second-order valence-corrected chi connectivity index (χ2v) is 7.00. The first-order valence-electron chi connectivity index (χ1n) is 9.46. The van der Waals surface area contributed by atoms with Crippen molar-refractivity contribution in [3.05, 3.63) is 108 Å². The van der Waals surface area contributed by atoms with Crippen molar-refractivity contribution in [2.24, 2.45) is 5.92 Å². The van der Waals surface area contributed by atoms with E-state index in [9.17, 15) is 0 Å². The molecule has 0 heterocycles. The number of hydrogen-bond acceptors (Lipinski definition) is 0. The molecule has 0 saturated heterocycles.